The van der Waals surface area contributed by atoms with Gasteiger partial charge in [0.05, 0.1) is 5.52 Å². The molecule has 5 heteroatoms. The number of hydrogen-bond acceptors (Lipinski definition) is 4. The molecule has 98 valence electrons. The highest BCUT2D eigenvalue weighted by Gasteiger charge is 2.09. The zero-order valence-electron chi connectivity index (χ0n) is 11.1. The van der Waals surface area contributed by atoms with Crippen LogP contribution >= 0.6 is 0 Å². The number of nitrogen functional groups attached to an aromatic ring is 1. The molecule has 0 spiro atoms. The van der Waals surface area contributed by atoms with E-state index in [-0.39, 0.29) is 0 Å². The molecule has 0 fully saturated rings. The van der Waals surface area contributed by atoms with Gasteiger partial charge in [-0.05, 0) is 19.4 Å². The molecule has 0 saturated heterocycles. The fourth-order valence-electron chi connectivity index (χ4n) is 2.09. The lowest BCUT2D eigenvalue weighted by Crippen LogP contribution is -2.08. The second kappa shape index (κ2) is 5.71. The van der Waals surface area contributed by atoms with Crippen LogP contribution in [-0.2, 0) is 6.54 Å². The SMILES string of the molecule is CCCCCNc1nc(N)nc2ccn(CC)c12. The van der Waals surface area contributed by atoms with Crippen molar-refractivity contribution in [3.63, 3.8) is 0 Å². The van der Waals surface area contributed by atoms with Gasteiger partial charge in [-0.3, -0.25) is 0 Å². The summed E-state index contributed by atoms with van der Waals surface area (Å²) in [5.41, 5.74) is 7.68. The van der Waals surface area contributed by atoms with E-state index >= 15 is 0 Å². The topological polar surface area (TPSA) is 68.8 Å². The summed E-state index contributed by atoms with van der Waals surface area (Å²) < 4.78 is 2.14. The molecule has 18 heavy (non-hydrogen) atoms. The molecule has 0 aliphatic rings. The molecule has 0 atom stereocenters. The van der Waals surface area contributed by atoms with E-state index in [1.165, 1.54) is 12.8 Å². The highest BCUT2D eigenvalue weighted by atomic mass is 15.1. The van der Waals surface area contributed by atoms with E-state index in [2.05, 4.69) is 33.7 Å². The summed E-state index contributed by atoms with van der Waals surface area (Å²) in [5.74, 6) is 1.18. The number of unbranched alkanes of at least 4 members (excludes halogenated alkanes) is 2. The molecule has 0 radical (unpaired) electrons. The maximum Gasteiger partial charge on any atom is 0.222 e. The first kappa shape index (κ1) is 12.7. The maximum absolute atomic E-state index is 5.73. The van der Waals surface area contributed by atoms with E-state index in [0.29, 0.717) is 5.95 Å². The minimum Gasteiger partial charge on any atom is -0.368 e. The molecule has 0 amide bonds. The lowest BCUT2D eigenvalue weighted by molar-refractivity contribution is 0.741. The number of nitrogens with two attached hydrogens (primary N) is 1. The van der Waals surface area contributed by atoms with Crippen LogP contribution in [0.5, 0.6) is 0 Å². The average Bonchev–Trinajstić information content (AvgIpc) is 2.77. The predicted octanol–water partition coefficient (Wildman–Crippen LogP) is 2.64. The number of anilines is 2. The fraction of sp³-hybridized carbons (Fsp3) is 0.538. The van der Waals surface area contributed by atoms with Crippen LogP contribution in [0.3, 0.4) is 0 Å². The van der Waals surface area contributed by atoms with Gasteiger partial charge in [-0.15, -0.1) is 0 Å². The van der Waals surface area contributed by atoms with Crippen LogP contribution in [0.1, 0.15) is 33.1 Å². The lowest BCUT2D eigenvalue weighted by atomic mass is 10.2. The molecular weight excluding hydrogens is 226 g/mol. The molecular formula is C13H21N5. The second-order valence-electron chi connectivity index (χ2n) is 4.40. The number of hydrogen-bond donors (Lipinski definition) is 2. The predicted molar refractivity (Wildman–Crippen MR) is 75.6 cm³/mol. The van der Waals surface area contributed by atoms with Crippen LogP contribution in [0.2, 0.25) is 0 Å². The van der Waals surface area contributed by atoms with E-state index in [1.54, 1.807) is 0 Å². The molecule has 2 aromatic heterocycles. The van der Waals surface area contributed by atoms with Gasteiger partial charge in [-0.25, -0.2) is 4.98 Å². The summed E-state index contributed by atoms with van der Waals surface area (Å²) in [5, 5.41) is 3.37. The van der Waals surface area contributed by atoms with Crippen molar-refractivity contribution < 1.29 is 0 Å². The van der Waals surface area contributed by atoms with Crippen LogP contribution in [0, 0.1) is 0 Å². The first-order valence-corrected chi connectivity index (χ1v) is 6.62. The summed E-state index contributed by atoms with van der Waals surface area (Å²) in [6, 6.07) is 1.98. The second-order valence-corrected chi connectivity index (χ2v) is 4.40. The van der Waals surface area contributed by atoms with Crippen molar-refractivity contribution in [3.05, 3.63) is 12.3 Å². The summed E-state index contributed by atoms with van der Waals surface area (Å²) in [6.45, 7) is 6.13. The van der Waals surface area contributed by atoms with Crippen molar-refractivity contribution in [2.45, 2.75) is 39.7 Å². The van der Waals surface area contributed by atoms with Gasteiger partial charge in [0.1, 0.15) is 5.52 Å². The van der Waals surface area contributed by atoms with Gasteiger partial charge in [0.2, 0.25) is 5.95 Å². The van der Waals surface area contributed by atoms with Crippen molar-refractivity contribution in [3.8, 4) is 0 Å². The first-order chi connectivity index (χ1) is 8.76. The van der Waals surface area contributed by atoms with Crippen molar-refractivity contribution in [1.82, 2.24) is 14.5 Å². The van der Waals surface area contributed by atoms with Crippen molar-refractivity contribution in [2.24, 2.45) is 0 Å². The number of fused-ring (bicyclic) bond motifs is 1. The Labute approximate surface area is 107 Å². The van der Waals surface area contributed by atoms with Crippen molar-refractivity contribution >= 4 is 22.8 Å². The Morgan fingerprint density at radius 2 is 2.11 bits per heavy atom. The van der Waals surface area contributed by atoms with E-state index in [0.717, 1.165) is 36.4 Å². The van der Waals surface area contributed by atoms with Gasteiger partial charge in [-0.1, -0.05) is 19.8 Å². The van der Waals surface area contributed by atoms with Crippen molar-refractivity contribution in [2.75, 3.05) is 17.6 Å². The van der Waals surface area contributed by atoms with Crippen molar-refractivity contribution in [1.29, 1.82) is 0 Å². The fourth-order valence-corrected chi connectivity index (χ4v) is 2.09. The highest BCUT2D eigenvalue weighted by molar-refractivity contribution is 5.87. The molecule has 3 N–H and O–H groups in total. The molecule has 0 aliphatic heterocycles. The molecule has 0 saturated carbocycles. The summed E-state index contributed by atoms with van der Waals surface area (Å²) in [7, 11) is 0. The van der Waals surface area contributed by atoms with E-state index in [4.69, 9.17) is 5.73 Å². The Hall–Kier alpha value is -1.78. The zero-order valence-corrected chi connectivity index (χ0v) is 11.1. The third kappa shape index (κ3) is 2.55. The van der Waals surface area contributed by atoms with Gasteiger partial charge in [0.25, 0.3) is 0 Å². The molecule has 2 heterocycles. The van der Waals surface area contributed by atoms with E-state index < -0.39 is 0 Å². The molecule has 0 bridgehead atoms. The zero-order chi connectivity index (χ0) is 13.0. The number of rotatable bonds is 6. The smallest absolute Gasteiger partial charge is 0.222 e. The number of aryl methyl sites for hydroxylation is 1. The third-order valence-electron chi connectivity index (χ3n) is 3.04. The number of nitrogens with one attached hydrogen (secondary N) is 1. The Morgan fingerprint density at radius 3 is 2.83 bits per heavy atom. The van der Waals surface area contributed by atoms with Crippen LogP contribution in [0.15, 0.2) is 12.3 Å². The Bertz CT molecular complexity index is 517. The Kier molecular flexibility index (Phi) is 4.02. The standard InChI is InChI=1S/C13H21N5/c1-3-5-6-8-15-12-11-10(16-13(14)17-12)7-9-18(11)4-2/h7,9H,3-6,8H2,1-2H3,(H3,14,15,16,17). The van der Waals surface area contributed by atoms with E-state index in [9.17, 15) is 0 Å². The maximum atomic E-state index is 5.73. The lowest BCUT2D eigenvalue weighted by Gasteiger charge is -2.09. The molecule has 0 aromatic carbocycles. The minimum atomic E-state index is 0.328. The minimum absolute atomic E-state index is 0.328. The summed E-state index contributed by atoms with van der Waals surface area (Å²) in [6.07, 6.45) is 5.62. The molecule has 0 aliphatic carbocycles. The Morgan fingerprint density at radius 1 is 1.28 bits per heavy atom. The first-order valence-electron chi connectivity index (χ1n) is 6.62. The van der Waals surface area contributed by atoms with Crippen LogP contribution < -0.4 is 11.1 Å². The summed E-state index contributed by atoms with van der Waals surface area (Å²) >= 11 is 0. The van der Waals surface area contributed by atoms with Gasteiger partial charge in [-0.2, -0.15) is 4.98 Å². The molecule has 2 aromatic rings. The van der Waals surface area contributed by atoms with Gasteiger partial charge >= 0.3 is 0 Å². The number of aromatic nitrogens is 3. The normalized spacial score (nSPS) is 11.0. The molecule has 0 unspecified atom stereocenters. The summed E-state index contributed by atoms with van der Waals surface area (Å²) in [4.78, 5) is 8.57. The van der Waals surface area contributed by atoms with Crippen LogP contribution in [-0.4, -0.2) is 21.1 Å². The third-order valence-corrected chi connectivity index (χ3v) is 3.04. The molecule has 5 nitrogen and oxygen atoms in total. The number of nitrogens with zero attached hydrogens (tertiary/aromatic N) is 3. The largest absolute Gasteiger partial charge is 0.368 e. The highest BCUT2D eigenvalue weighted by Crippen LogP contribution is 2.22. The average molecular weight is 247 g/mol. The van der Waals surface area contributed by atoms with Gasteiger partial charge < -0.3 is 15.6 Å². The van der Waals surface area contributed by atoms with Crippen LogP contribution in [0.25, 0.3) is 11.0 Å². The molecule has 2 rings (SSSR count). The van der Waals surface area contributed by atoms with Gasteiger partial charge in [0, 0.05) is 19.3 Å². The van der Waals surface area contributed by atoms with Crippen LogP contribution in [0.4, 0.5) is 11.8 Å². The van der Waals surface area contributed by atoms with Gasteiger partial charge in [0.15, 0.2) is 5.82 Å². The monoisotopic (exact) mass is 247 g/mol. The van der Waals surface area contributed by atoms with E-state index in [1.807, 2.05) is 12.3 Å². The quantitative estimate of drug-likeness (QED) is 0.770. The Balaban J connectivity index is 2.26.